The zero-order chi connectivity index (χ0) is 10.1. The van der Waals surface area contributed by atoms with Gasteiger partial charge in [0, 0.05) is 16.1 Å². The lowest BCUT2D eigenvalue weighted by atomic mass is 10.1. The molecule has 0 saturated heterocycles. The summed E-state index contributed by atoms with van der Waals surface area (Å²) in [5.41, 5.74) is 8.12. The third-order valence-electron chi connectivity index (χ3n) is 2.08. The van der Waals surface area contributed by atoms with Crippen LogP contribution in [-0.2, 0) is 0 Å². The first-order valence-electron chi connectivity index (χ1n) is 4.16. The first-order chi connectivity index (χ1) is 6.68. The SMILES string of the molecule is Cc1c(-c2ccc(Cl)cc2)noc1N. The Bertz CT molecular complexity index is 448. The highest BCUT2D eigenvalue weighted by Gasteiger charge is 2.10. The summed E-state index contributed by atoms with van der Waals surface area (Å²) in [6.45, 7) is 1.87. The second-order valence-electron chi connectivity index (χ2n) is 3.03. The molecule has 72 valence electrons. The van der Waals surface area contributed by atoms with Gasteiger partial charge in [-0.2, -0.15) is 0 Å². The fourth-order valence-electron chi connectivity index (χ4n) is 1.23. The number of benzene rings is 1. The van der Waals surface area contributed by atoms with Gasteiger partial charge in [-0.3, -0.25) is 0 Å². The van der Waals surface area contributed by atoms with Gasteiger partial charge in [0.2, 0.25) is 5.88 Å². The number of aromatic nitrogens is 1. The first-order valence-corrected chi connectivity index (χ1v) is 4.54. The molecule has 0 aliphatic heterocycles. The molecule has 2 aromatic rings. The van der Waals surface area contributed by atoms with Gasteiger partial charge >= 0.3 is 0 Å². The van der Waals surface area contributed by atoms with E-state index in [0.29, 0.717) is 10.9 Å². The van der Waals surface area contributed by atoms with Crippen LogP contribution in [-0.4, -0.2) is 5.16 Å². The summed E-state index contributed by atoms with van der Waals surface area (Å²) in [5, 5.41) is 4.57. The van der Waals surface area contributed by atoms with Crippen molar-refractivity contribution in [3.05, 3.63) is 34.9 Å². The predicted molar refractivity (Wildman–Crippen MR) is 56.1 cm³/mol. The van der Waals surface area contributed by atoms with Gasteiger partial charge < -0.3 is 10.3 Å². The summed E-state index contributed by atoms with van der Waals surface area (Å²) < 4.78 is 4.87. The van der Waals surface area contributed by atoms with Crippen molar-refractivity contribution in [2.24, 2.45) is 0 Å². The Balaban J connectivity index is 2.49. The topological polar surface area (TPSA) is 52.0 Å². The average molecular weight is 209 g/mol. The van der Waals surface area contributed by atoms with Crippen molar-refractivity contribution in [3.63, 3.8) is 0 Å². The molecule has 1 heterocycles. The number of nitrogens with zero attached hydrogens (tertiary/aromatic N) is 1. The number of rotatable bonds is 1. The molecule has 0 unspecified atom stereocenters. The monoisotopic (exact) mass is 208 g/mol. The predicted octanol–water partition coefficient (Wildman–Crippen LogP) is 2.89. The van der Waals surface area contributed by atoms with Gasteiger partial charge in [0.15, 0.2) is 0 Å². The Morgan fingerprint density at radius 3 is 2.43 bits per heavy atom. The van der Waals surface area contributed by atoms with Crippen molar-refractivity contribution in [2.45, 2.75) is 6.92 Å². The Morgan fingerprint density at radius 1 is 1.29 bits per heavy atom. The maximum absolute atomic E-state index is 5.78. The van der Waals surface area contributed by atoms with Gasteiger partial charge in [-0.1, -0.05) is 28.9 Å². The van der Waals surface area contributed by atoms with Gasteiger partial charge in [-0.25, -0.2) is 0 Å². The molecule has 1 aromatic carbocycles. The van der Waals surface area contributed by atoms with E-state index in [-0.39, 0.29) is 0 Å². The summed E-state index contributed by atoms with van der Waals surface area (Å²) in [6.07, 6.45) is 0. The molecule has 14 heavy (non-hydrogen) atoms. The van der Waals surface area contributed by atoms with Crippen molar-refractivity contribution in [2.75, 3.05) is 5.73 Å². The molecule has 0 atom stereocenters. The molecular weight excluding hydrogens is 200 g/mol. The highest BCUT2D eigenvalue weighted by atomic mass is 35.5. The number of hydrogen-bond acceptors (Lipinski definition) is 3. The Hall–Kier alpha value is -1.48. The minimum Gasteiger partial charge on any atom is -0.367 e. The summed E-state index contributed by atoms with van der Waals surface area (Å²) >= 11 is 5.78. The van der Waals surface area contributed by atoms with Crippen molar-refractivity contribution < 1.29 is 4.52 Å². The van der Waals surface area contributed by atoms with Crippen LogP contribution in [0.25, 0.3) is 11.3 Å². The van der Waals surface area contributed by atoms with Crippen LogP contribution in [0.3, 0.4) is 0 Å². The summed E-state index contributed by atoms with van der Waals surface area (Å²) in [4.78, 5) is 0. The van der Waals surface area contributed by atoms with Crippen molar-refractivity contribution in [1.82, 2.24) is 5.16 Å². The van der Waals surface area contributed by atoms with Crippen LogP contribution in [0.15, 0.2) is 28.8 Å². The maximum Gasteiger partial charge on any atom is 0.225 e. The second-order valence-corrected chi connectivity index (χ2v) is 3.46. The minimum atomic E-state index is 0.356. The molecule has 0 spiro atoms. The molecule has 4 heteroatoms. The van der Waals surface area contributed by atoms with Gasteiger partial charge in [0.05, 0.1) is 0 Å². The van der Waals surface area contributed by atoms with Crippen LogP contribution in [0.1, 0.15) is 5.56 Å². The third-order valence-corrected chi connectivity index (χ3v) is 2.33. The van der Waals surface area contributed by atoms with Crippen molar-refractivity contribution in [3.8, 4) is 11.3 Å². The molecular formula is C10H9ClN2O. The van der Waals surface area contributed by atoms with Gasteiger partial charge in [0.25, 0.3) is 0 Å². The lowest BCUT2D eigenvalue weighted by Crippen LogP contribution is -1.84. The van der Waals surface area contributed by atoms with E-state index < -0.39 is 0 Å². The smallest absolute Gasteiger partial charge is 0.225 e. The molecule has 3 nitrogen and oxygen atoms in total. The largest absolute Gasteiger partial charge is 0.367 e. The van der Waals surface area contributed by atoms with E-state index in [4.69, 9.17) is 21.9 Å². The van der Waals surface area contributed by atoms with Crippen molar-refractivity contribution in [1.29, 1.82) is 0 Å². The molecule has 0 fully saturated rings. The Labute approximate surface area is 86.5 Å². The standard InChI is InChI=1S/C10H9ClN2O/c1-6-9(13-14-10(6)12)7-2-4-8(11)5-3-7/h2-5H,12H2,1H3. The zero-order valence-electron chi connectivity index (χ0n) is 7.62. The lowest BCUT2D eigenvalue weighted by Gasteiger charge is -1.96. The van der Waals surface area contributed by atoms with Gasteiger partial charge in [-0.15, -0.1) is 0 Å². The van der Waals surface area contributed by atoms with Crippen LogP contribution in [0.5, 0.6) is 0 Å². The normalized spacial score (nSPS) is 10.4. The van der Waals surface area contributed by atoms with E-state index in [2.05, 4.69) is 5.16 Å². The third kappa shape index (κ3) is 1.46. The highest BCUT2D eigenvalue weighted by Crippen LogP contribution is 2.26. The van der Waals surface area contributed by atoms with Gasteiger partial charge in [-0.05, 0) is 19.1 Å². The molecule has 2 N–H and O–H groups in total. The minimum absolute atomic E-state index is 0.356. The van der Waals surface area contributed by atoms with Crippen LogP contribution in [0, 0.1) is 6.92 Å². The number of anilines is 1. The van der Waals surface area contributed by atoms with Crippen LogP contribution < -0.4 is 5.73 Å². The van der Waals surface area contributed by atoms with Crippen LogP contribution in [0.2, 0.25) is 5.02 Å². The second kappa shape index (κ2) is 3.35. The van der Waals surface area contributed by atoms with Crippen molar-refractivity contribution >= 4 is 17.5 Å². The quantitative estimate of drug-likeness (QED) is 0.784. The highest BCUT2D eigenvalue weighted by molar-refractivity contribution is 6.30. The van der Waals surface area contributed by atoms with E-state index in [1.165, 1.54) is 0 Å². The number of nitrogens with two attached hydrogens (primary N) is 1. The fourth-order valence-corrected chi connectivity index (χ4v) is 1.35. The molecule has 0 saturated carbocycles. The summed E-state index contributed by atoms with van der Waals surface area (Å²) in [5.74, 6) is 0.356. The van der Waals surface area contributed by atoms with Gasteiger partial charge in [0.1, 0.15) is 5.69 Å². The Morgan fingerprint density at radius 2 is 1.93 bits per heavy atom. The first kappa shape index (κ1) is 9.09. The molecule has 0 amide bonds. The molecule has 0 radical (unpaired) electrons. The van der Waals surface area contributed by atoms with E-state index >= 15 is 0 Å². The lowest BCUT2D eigenvalue weighted by molar-refractivity contribution is 0.439. The molecule has 1 aromatic heterocycles. The number of halogens is 1. The number of nitrogen functional groups attached to an aromatic ring is 1. The molecule has 0 bridgehead atoms. The zero-order valence-corrected chi connectivity index (χ0v) is 8.38. The Kier molecular flexibility index (Phi) is 2.17. The molecule has 0 aliphatic rings. The number of hydrogen-bond donors (Lipinski definition) is 1. The summed E-state index contributed by atoms with van der Waals surface area (Å²) in [6, 6.07) is 7.38. The van der Waals surface area contributed by atoms with E-state index in [1.54, 1.807) is 12.1 Å². The van der Waals surface area contributed by atoms with E-state index in [0.717, 1.165) is 16.8 Å². The summed E-state index contributed by atoms with van der Waals surface area (Å²) in [7, 11) is 0. The van der Waals surface area contributed by atoms with E-state index in [9.17, 15) is 0 Å². The maximum atomic E-state index is 5.78. The van der Waals surface area contributed by atoms with Crippen LogP contribution >= 0.6 is 11.6 Å². The van der Waals surface area contributed by atoms with Crippen LogP contribution in [0.4, 0.5) is 5.88 Å². The fraction of sp³-hybridized carbons (Fsp3) is 0.100. The molecule has 2 rings (SSSR count). The molecule has 0 aliphatic carbocycles. The average Bonchev–Trinajstić information content (AvgIpc) is 2.50. The van der Waals surface area contributed by atoms with E-state index in [1.807, 2.05) is 19.1 Å².